The van der Waals surface area contributed by atoms with Crippen LogP contribution in [-0.2, 0) is 10.0 Å². The molecule has 0 bridgehead atoms. The molecule has 4 rings (SSSR count). The number of piperidine rings is 1. The van der Waals surface area contributed by atoms with E-state index in [0.29, 0.717) is 35.5 Å². The van der Waals surface area contributed by atoms with Crippen molar-refractivity contribution in [2.75, 3.05) is 41.1 Å². The van der Waals surface area contributed by atoms with E-state index in [4.69, 9.17) is 11.6 Å². The number of benzene rings is 3. The van der Waals surface area contributed by atoms with Crippen molar-refractivity contribution in [2.24, 2.45) is 0 Å². The Bertz CT molecular complexity index is 1410. The van der Waals surface area contributed by atoms with E-state index < -0.39 is 16.1 Å². The highest BCUT2D eigenvalue weighted by molar-refractivity contribution is 7.92. The van der Waals surface area contributed by atoms with Gasteiger partial charge in [0.15, 0.2) is 0 Å². The highest BCUT2D eigenvalue weighted by Crippen LogP contribution is 2.25. The number of nitrogens with zero attached hydrogens (tertiary/aromatic N) is 1. The van der Waals surface area contributed by atoms with E-state index in [1.54, 1.807) is 36.4 Å². The van der Waals surface area contributed by atoms with E-state index in [1.165, 1.54) is 12.1 Å². The van der Waals surface area contributed by atoms with Crippen molar-refractivity contribution < 1.29 is 18.3 Å². The van der Waals surface area contributed by atoms with Crippen LogP contribution in [0.15, 0.2) is 77.7 Å². The number of halogens is 1. The molecule has 232 valence electrons. The number of carbonyl (C=O) groups is 1. The minimum absolute atomic E-state index is 0.108. The van der Waals surface area contributed by atoms with Gasteiger partial charge in [0, 0.05) is 54.3 Å². The van der Waals surface area contributed by atoms with Gasteiger partial charge in [-0.15, -0.1) is 0 Å². The number of urea groups is 1. The van der Waals surface area contributed by atoms with Gasteiger partial charge in [-0.2, -0.15) is 0 Å². The number of amides is 2. The monoisotopic (exact) mass is 627 g/mol. The van der Waals surface area contributed by atoms with Crippen molar-refractivity contribution in [1.82, 2.24) is 10.6 Å². The molecule has 5 N–H and O–H groups in total. The summed E-state index contributed by atoms with van der Waals surface area (Å²) in [5.74, 6) is 0. The van der Waals surface area contributed by atoms with Crippen LogP contribution >= 0.6 is 11.6 Å². The maximum absolute atomic E-state index is 12.9. The normalized spacial score (nSPS) is 14.7. The second-order valence-electron chi connectivity index (χ2n) is 10.9. The first-order valence-corrected chi connectivity index (χ1v) is 16.8. The molecule has 0 aliphatic carbocycles. The number of sulfonamides is 1. The summed E-state index contributed by atoms with van der Waals surface area (Å²) in [7, 11) is -3.79. The molecule has 11 heteroatoms. The van der Waals surface area contributed by atoms with Crippen LogP contribution in [0.4, 0.5) is 21.9 Å². The van der Waals surface area contributed by atoms with E-state index in [9.17, 15) is 18.3 Å². The lowest BCUT2D eigenvalue weighted by Crippen LogP contribution is -2.43. The molecule has 0 unspecified atom stereocenters. The van der Waals surface area contributed by atoms with Gasteiger partial charge in [0.25, 0.3) is 10.0 Å². The van der Waals surface area contributed by atoms with Crippen LogP contribution in [0.1, 0.15) is 57.1 Å². The quantitative estimate of drug-likeness (QED) is 0.137. The van der Waals surface area contributed by atoms with Crippen molar-refractivity contribution in [3.63, 3.8) is 0 Å². The molecule has 0 radical (unpaired) electrons. The molecule has 1 saturated heterocycles. The molecule has 2 amide bonds. The van der Waals surface area contributed by atoms with E-state index in [2.05, 4.69) is 32.5 Å². The van der Waals surface area contributed by atoms with E-state index in [-0.39, 0.29) is 10.9 Å². The number of hydrogen-bond donors (Lipinski definition) is 5. The molecule has 0 aromatic heterocycles. The summed E-state index contributed by atoms with van der Waals surface area (Å²) in [5, 5.41) is 20.1. The first-order valence-electron chi connectivity index (χ1n) is 14.9. The van der Waals surface area contributed by atoms with Crippen LogP contribution in [0.2, 0.25) is 5.02 Å². The maximum Gasteiger partial charge on any atom is 0.319 e. The molecule has 3 aromatic rings. The number of aliphatic hydroxyl groups is 1. The van der Waals surface area contributed by atoms with Gasteiger partial charge in [-0.05, 0) is 85.5 Å². The van der Waals surface area contributed by atoms with Gasteiger partial charge in [0.2, 0.25) is 0 Å². The van der Waals surface area contributed by atoms with Crippen LogP contribution in [0.3, 0.4) is 0 Å². The SMILES string of the molecule is CCCCCCNC(=O)Nc1ccc(S(=O)(=O)Nc2ccc(N3CCC(NC[C@H](O)c4cccc(Cl)c4)CC3)cc2)cc1. The summed E-state index contributed by atoms with van der Waals surface area (Å²) < 4.78 is 28.5. The van der Waals surface area contributed by atoms with Gasteiger partial charge in [-0.1, -0.05) is 49.9 Å². The fraction of sp³-hybridized carbons (Fsp3) is 0.406. The lowest BCUT2D eigenvalue weighted by Gasteiger charge is -2.34. The fourth-order valence-corrected chi connectivity index (χ4v) is 6.31. The molecule has 9 nitrogen and oxygen atoms in total. The summed E-state index contributed by atoms with van der Waals surface area (Å²) >= 11 is 6.04. The highest BCUT2D eigenvalue weighted by atomic mass is 35.5. The van der Waals surface area contributed by atoms with Crippen molar-refractivity contribution in [3.8, 4) is 0 Å². The molecule has 0 spiro atoms. The lowest BCUT2D eigenvalue weighted by atomic mass is 10.0. The van der Waals surface area contributed by atoms with E-state index in [0.717, 1.165) is 62.9 Å². The number of anilines is 3. The predicted molar refractivity (Wildman–Crippen MR) is 175 cm³/mol. The zero-order valence-corrected chi connectivity index (χ0v) is 26.1. The number of unbranched alkanes of at least 4 members (excludes halogenated alkanes) is 3. The van der Waals surface area contributed by atoms with Gasteiger partial charge in [-0.25, -0.2) is 13.2 Å². The number of nitrogens with one attached hydrogen (secondary N) is 4. The van der Waals surface area contributed by atoms with Crippen LogP contribution in [0.25, 0.3) is 0 Å². The summed E-state index contributed by atoms with van der Waals surface area (Å²) in [4.78, 5) is 14.4. The molecular formula is C32H42ClN5O4S. The van der Waals surface area contributed by atoms with E-state index in [1.807, 2.05) is 24.3 Å². The summed E-state index contributed by atoms with van der Waals surface area (Å²) in [6.07, 6.45) is 5.55. The second kappa shape index (κ2) is 16.0. The van der Waals surface area contributed by atoms with Gasteiger partial charge in [-0.3, -0.25) is 4.72 Å². The lowest BCUT2D eigenvalue weighted by molar-refractivity contribution is 0.167. The Labute approximate surface area is 260 Å². The average Bonchev–Trinajstić information content (AvgIpc) is 3.00. The molecule has 1 fully saturated rings. The van der Waals surface area contributed by atoms with Crippen LogP contribution < -0.4 is 25.6 Å². The molecule has 1 aliphatic heterocycles. The molecule has 1 heterocycles. The summed E-state index contributed by atoms with van der Waals surface area (Å²) in [6.45, 7) is 4.92. The standard InChI is InChI=1S/C32H42ClN5O4S/c1-2-3-4-5-19-34-32(40)36-27-11-15-30(16-12-27)43(41,42)37-28-9-13-29(14-10-28)38-20-17-26(18-21-38)35-23-31(39)24-7-6-8-25(33)22-24/h6-16,22,26,31,35,37,39H,2-5,17-21,23H2,1H3,(H2,34,36,40)/t31-/m0/s1. The molecule has 1 atom stereocenters. The van der Waals surface area contributed by atoms with Crippen LogP contribution in [-0.4, -0.2) is 51.8 Å². The fourth-order valence-electron chi connectivity index (χ4n) is 5.05. The maximum atomic E-state index is 12.9. The van der Waals surface area contributed by atoms with E-state index >= 15 is 0 Å². The predicted octanol–water partition coefficient (Wildman–Crippen LogP) is 6.13. The average molecular weight is 628 g/mol. The minimum Gasteiger partial charge on any atom is -0.387 e. The molecule has 1 aliphatic rings. The Kier molecular flexibility index (Phi) is 12.1. The van der Waals surface area contributed by atoms with Gasteiger partial charge >= 0.3 is 6.03 Å². The number of carbonyl (C=O) groups excluding carboxylic acids is 1. The van der Waals surface area contributed by atoms with Crippen molar-refractivity contribution in [1.29, 1.82) is 0 Å². The Morgan fingerprint density at radius 1 is 0.977 bits per heavy atom. The third-order valence-corrected chi connectivity index (χ3v) is 9.18. The zero-order chi connectivity index (χ0) is 30.7. The van der Waals surface area contributed by atoms with Gasteiger partial charge < -0.3 is 26.0 Å². The van der Waals surface area contributed by atoms with Crippen molar-refractivity contribution >= 4 is 44.7 Å². The third kappa shape index (κ3) is 10.1. The smallest absolute Gasteiger partial charge is 0.319 e. The number of aliphatic hydroxyl groups excluding tert-OH is 1. The first kappa shape index (κ1) is 32.6. The summed E-state index contributed by atoms with van der Waals surface area (Å²) in [6, 6.07) is 20.7. The Balaban J connectivity index is 1.21. The molecule has 43 heavy (non-hydrogen) atoms. The third-order valence-electron chi connectivity index (χ3n) is 7.55. The van der Waals surface area contributed by atoms with Crippen molar-refractivity contribution in [2.45, 2.75) is 62.5 Å². The number of hydrogen-bond acceptors (Lipinski definition) is 6. The van der Waals surface area contributed by atoms with Crippen molar-refractivity contribution in [3.05, 3.63) is 83.4 Å². The second-order valence-corrected chi connectivity index (χ2v) is 13.0. The Morgan fingerprint density at radius 2 is 1.67 bits per heavy atom. The topological polar surface area (TPSA) is 123 Å². The summed E-state index contributed by atoms with van der Waals surface area (Å²) in [5.41, 5.74) is 2.82. The van der Waals surface area contributed by atoms with Gasteiger partial charge in [0.05, 0.1) is 11.0 Å². The van der Waals surface area contributed by atoms with Gasteiger partial charge in [0.1, 0.15) is 0 Å². The molecular weight excluding hydrogens is 586 g/mol. The highest BCUT2D eigenvalue weighted by Gasteiger charge is 2.21. The zero-order valence-electron chi connectivity index (χ0n) is 24.6. The Morgan fingerprint density at radius 3 is 2.35 bits per heavy atom. The minimum atomic E-state index is -3.79. The largest absolute Gasteiger partial charge is 0.387 e. The van der Waals surface area contributed by atoms with Crippen LogP contribution in [0.5, 0.6) is 0 Å². The molecule has 3 aromatic carbocycles. The first-order chi connectivity index (χ1) is 20.7. The van der Waals surface area contributed by atoms with Crippen LogP contribution in [0, 0.1) is 0 Å². The molecule has 0 saturated carbocycles. The number of rotatable bonds is 14. The Hall–Kier alpha value is -3.31.